The average molecular weight is 154 g/mol. The van der Waals surface area contributed by atoms with Gasteiger partial charge in [-0.15, -0.1) is 6.92 Å². The number of hydrogen-bond acceptors (Lipinski definition) is 0. The minimum absolute atomic E-state index is 0. The van der Waals surface area contributed by atoms with Crippen molar-refractivity contribution in [3.05, 3.63) is 12.2 Å². The fraction of sp³-hybridized carbons (Fsp3) is 0.200. The van der Waals surface area contributed by atoms with Gasteiger partial charge in [-0.2, -0.15) is 0 Å². The first-order valence-corrected chi connectivity index (χ1v) is 1.37. The van der Waals surface area contributed by atoms with Crippen LogP contribution in [0.25, 0.3) is 0 Å². The summed E-state index contributed by atoms with van der Waals surface area (Å²) < 4.78 is 0. The van der Waals surface area contributed by atoms with Crippen LogP contribution < -0.4 is 0 Å². The van der Waals surface area contributed by atoms with E-state index in [9.17, 15) is 0 Å². The number of hydrogen-bond donors (Lipinski definition) is 0. The third-order valence-electron chi connectivity index (χ3n) is 0.228. The Morgan fingerprint density at radius 3 is 2.33 bits per heavy atom. The molecule has 6 heavy (non-hydrogen) atoms. The summed E-state index contributed by atoms with van der Waals surface area (Å²) in [6.07, 6.45) is 8.96. The van der Waals surface area contributed by atoms with E-state index in [4.69, 9.17) is 6.42 Å². The molecule has 29 valence electrons. The van der Waals surface area contributed by atoms with Crippen LogP contribution in [-0.4, -0.2) is 0 Å². The molecule has 0 aliphatic heterocycles. The third kappa shape index (κ3) is 8.83. The topological polar surface area (TPSA) is 0 Å². The monoisotopic (exact) mass is 154 g/mol. The van der Waals surface area contributed by atoms with Gasteiger partial charge in [0.1, 0.15) is 0 Å². The Kier molecular flexibility index (Phi) is 14.5. The van der Waals surface area contributed by atoms with E-state index in [0.29, 0.717) is 0 Å². The van der Waals surface area contributed by atoms with Crippen molar-refractivity contribution in [1.29, 1.82) is 0 Å². The minimum Gasteiger partial charge on any atom is -0.311 e. The minimum atomic E-state index is 0. The van der Waals surface area contributed by atoms with E-state index in [1.165, 1.54) is 6.08 Å². The molecule has 0 amide bonds. The fourth-order valence-electron chi connectivity index (χ4n) is 0.0833. The zero-order chi connectivity index (χ0) is 4.12. The molecule has 0 atom stereocenters. The molecule has 0 aliphatic rings. The van der Waals surface area contributed by atoms with Crippen LogP contribution in [0.3, 0.4) is 0 Å². The van der Waals surface area contributed by atoms with Crippen molar-refractivity contribution >= 4 is 0 Å². The van der Waals surface area contributed by atoms with Gasteiger partial charge < -0.3 is 5.92 Å². The Morgan fingerprint density at radius 1 is 1.83 bits per heavy atom. The summed E-state index contributed by atoms with van der Waals surface area (Å²) in [5.41, 5.74) is 0. The van der Waals surface area contributed by atoms with Crippen molar-refractivity contribution in [3.8, 4) is 12.3 Å². The van der Waals surface area contributed by atoms with Crippen LogP contribution in [0, 0.1) is 18.4 Å². The summed E-state index contributed by atoms with van der Waals surface area (Å²) in [6, 6.07) is 0. The maximum Gasteiger partial charge on any atom is 0 e. The predicted molar refractivity (Wildman–Crippen MR) is 22.3 cm³/mol. The van der Waals surface area contributed by atoms with E-state index >= 15 is 0 Å². The zero-order valence-corrected chi connectivity index (χ0v) is 6.57. The molecule has 0 saturated carbocycles. The molecule has 0 aromatic carbocycles. The summed E-state index contributed by atoms with van der Waals surface area (Å²) in [6.45, 7) is 1.76. The van der Waals surface area contributed by atoms with Gasteiger partial charge in [-0.25, -0.2) is 12.5 Å². The molecule has 0 fully saturated rings. The Balaban J connectivity index is 0. The van der Waals surface area contributed by atoms with Crippen molar-refractivity contribution in [2.75, 3.05) is 0 Å². The van der Waals surface area contributed by atoms with Crippen LogP contribution in [0.1, 0.15) is 6.92 Å². The standard InChI is InChI=1S/C5H5.Y/c1-3-5-4-2;/h1,5H,2H3;/q-1;. The van der Waals surface area contributed by atoms with Crippen LogP contribution in [0.15, 0.2) is 6.08 Å². The van der Waals surface area contributed by atoms with Gasteiger partial charge in [0.2, 0.25) is 0 Å². The predicted octanol–water partition coefficient (Wildman–Crippen LogP) is 0.996. The molecule has 0 aromatic heterocycles. The molecule has 0 aromatic rings. The molecule has 0 bridgehead atoms. The van der Waals surface area contributed by atoms with E-state index in [1.807, 2.05) is 0 Å². The molecule has 0 heterocycles. The largest absolute Gasteiger partial charge is 0.311 e. The molecule has 1 heteroatoms. The second kappa shape index (κ2) is 9.05. The SMILES string of the molecule is C#CC=[C-]C.[Y]. The van der Waals surface area contributed by atoms with Crippen molar-refractivity contribution in [2.45, 2.75) is 6.92 Å². The van der Waals surface area contributed by atoms with E-state index in [2.05, 4.69) is 12.0 Å². The van der Waals surface area contributed by atoms with Crippen molar-refractivity contribution in [2.24, 2.45) is 0 Å². The van der Waals surface area contributed by atoms with Crippen molar-refractivity contribution in [1.82, 2.24) is 0 Å². The number of rotatable bonds is 0. The Morgan fingerprint density at radius 2 is 2.33 bits per heavy atom. The number of terminal acetylenes is 1. The Bertz CT molecular complexity index is 66.5. The first-order chi connectivity index (χ1) is 2.41. The maximum atomic E-state index is 4.77. The molecule has 0 saturated heterocycles. The van der Waals surface area contributed by atoms with Gasteiger partial charge >= 0.3 is 0 Å². The molecule has 1 radical (unpaired) electrons. The second-order valence-corrected chi connectivity index (χ2v) is 0.600. The van der Waals surface area contributed by atoms with Crippen LogP contribution >= 0.6 is 0 Å². The maximum absolute atomic E-state index is 4.77. The van der Waals surface area contributed by atoms with Gasteiger partial charge in [-0.3, -0.25) is 6.08 Å². The second-order valence-electron chi connectivity index (χ2n) is 0.600. The van der Waals surface area contributed by atoms with Crippen LogP contribution in [0.4, 0.5) is 0 Å². The third-order valence-corrected chi connectivity index (χ3v) is 0.228. The average Bonchev–Trinajstić information content (AvgIpc) is 1.41. The summed E-state index contributed by atoms with van der Waals surface area (Å²) in [5.74, 6) is 2.28. The molecule has 0 N–H and O–H groups in total. The summed E-state index contributed by atoms with van der Waals surface area (Å²) in [4.78, 5) is 0. The molecular weight excluding hydrogens is 149 g/mol. The van der Waals surface area contributed by atoms with Gasteiger partial charge in [-0.1, -0.05) is 0 Å². The zero-order valence-electron chi connectivity index (χ0n) is 3.73. The first-order valence-electron chi connectivity index (χ1n) is 1.37. The Hall–Kier alpha value is 0.404. The van der Waals surface area contributed by atoms with Gasteiger partial charge in [0, 0.05) is 32.7 Å². The molecule has 0 unspecified atom stereocenters. The fourth-order valence-corrected chi connectivity index (χ4v) is 0.0833. The summed E-state index contributed by atoms with van der Waals surface area (Å²) in [5, 5.41) is 0. The summed E-state index contributed by atoms with van der Waals surface area (Å²) in [7, 11) is 0. The summed E-state index contributed by atoms with van der Waals surface area (Å²) >= 11 is 0. The van der Waals surface area contributed by atoms with Crippen LogP contribution in [0.5, 0.6) is 0 Å². The van der Waals surface area contributed by atoms with Crippen LogP contribution in [0.2, 0.25) is 0 Å². The Labute approximate surface area is 63.9 Å². The van der Waals surface area contributed by atoms with Crippen molar-refractivity contribution < 1.29 is 32.7 Å². The first kappa shape index (κ1) is 9.64. The van der Waals surface area contributed by atoms with E-state index in [-0.39, 0.29) is 32.7 Å². The van der Waals surface area contributed by atoms with Gasteiger partial charge in [0.25, 0.3) is 0 Å². The van der Waals surface area contributed by atoms with Gasteiger partial charge in [-0.05, 0) is 0 Å². The molecule has 0 nitrogen and oxygen atoms in total. The molecular formula is C5H5Y-. The van der Waals surface area contributed by atoms with Gasteiger partial charge in [0.05, 0.1) is 0 Å². The molecule has 0 spiro atoms. The van der Waals surface area contributed by atoms with Crippen LogP contribution in [-0.2, 0) is 32.7 Å². The quantitative estimate of drug-likeness (QED) is 0.360. The smallest absolute Gasteiger partial charge is 0 e. The normalized spacial score (nSPS) is 6.67. The van der Waals surface area contributed by atoms with E-state index < -0.39 is 0 Å². The molecule has 0 aliphatic carbocycles. The van der Waals surface area contributed by atoms with E-state index in [0.717, 1.165) is 0 Å². The molecule has 0 rings (SSSR count). The van der Waals surface area contributed by atoms with Crippen molar-refractivity contribution in [3.63, 3.8) is 0 Å². The van der Waals surface area contributed by atoms with Gasteiger partial charge in [0.15, 0.2) is 0 Å². The van der Waals surface area contributed by atoms with E-state index in [1.54, 1.807) is 6.92 Å². The number of allylic oxidation sites excluding steroid dienone is 2.